The largest absolute Gasteiger partial charge is 0.300 e. The molecule has 0 aliphatic heterocycles. The van der Waals surface area contributed by atoms with Crippen LogP contribution in [0.5, 0.6) is 0 Å². The van der Waals surface area contributed by atoms with Crippen LogP contribution in [0.2, 0.25) is 0 Å². The first kappa shape index (κ1) is 8.59. The minimum absolute atomic E-state index is 0.287. The van der Waals surface area contributed by atoms with Crippen molar-refractivity contribution in [2.75, 3.05) is 6.54 Å². The van der Waals surface area contributed by atoms with Gasteiger partial charge in [0.25, 0.3) is 0 Å². The summed E-state index contributed by atoms with van der Waals surface area (Å²) in [4.78, 5) is 10.7. The third-order valence-corrected chi connectivity index (χ3v) is 1.08. The molecule has 3 N–H and O–H groups in total. The summed E-state index contributed by atoms with van der Waals surface area (Å²) in [5.41, 5.74) is 2.44. The number of rotatable bonds is 5. The lowest BCUT2D eigenvalue weighted by molar-refractivity contribution is -0.119. The molecule has 0 aliphatic carbocycles. The van der Waals surface area contributed by atoms with E-state index in [9.17, 15) is 4.79 Å². The third kappa shape index (κ3) is 5.46. The summed E-state index contributed by atoms with van der Waals surface area (Å²) in [7, 11) is 0. The minimum Gasteiger partial charge on any atom is -0.300 e. The van der Waals surface area contributed by atoms with E-state index in [4.69, 9.17) is 5.84 Å². The molecular formula is C6H14N2O. The zero-order valence-corrected chi connectivity index (χ0v) is 5.81. The summed E-state index contributed by atoms with van der Waals surface area (Å²) >= 11 is 0. The van der Waals surface area contributed by atoms with Crippen molar-refractivity contribution in [3.8, 4) is 0 Å². The maximum absolute atomic E-state index is 10.7. The highest BCUT2D eigenvalue weighted by Crippen LogP contribution is 1.91. The lowest BCUT2D eigenvalue weighted by Gasteiger charge is -1.95. The number of carbonyl (C=O) groups excluding carboxylic acids is 1. The van der Waals surface area contributed by atoms with Gasteiger partial charge in [-0.2, -0.15) is 0 Å². The number of nitrogens with one attached hydrogen (secondary N) is 1. The summed E-state index contributed by atoms with van der Waals surface area (Å²) in [5, 5.41) is 0. The summed E-state index contributed by atoms with van der Waals surface area (Å²) in [6.07, 6.45) is 2.18. The Kier molecular flexibility index (Phi) is 5.46. The number of carbonyl (C=O) groups is 1. The number of hydrogen-bond acceptors (Lipinski definition) is 3. The Bertz CT molecular complexity index is 83.1. The predicted octanol–water partition coefficient (Wildman–Crippen LogP) is 0.209. The highest BCUT2D eigenvalue weighted by atomic mass is 16.1. The van der Waals surface area contributed by atoms with Gasteiger partial charge in [0.15, 0.2) is 0 Å². The molecule has 0 saturated carbocycles. The van der Waals surface area contributed by atoms with Crippen LogP contribution in [0.4, 0.5) is 0 Å². The lowest BCUT2D eigenvalue weighted by atomic mass is 10.2. The van der Waals surface area contributed by atoms with E-state index in [1.807, 2.05) is 6.92 Å². The molecule has 0 bridgehead atoms. The highest BCUT2D eigenvalue weighted by molar-refractivity contribution is 5.78. The average Bonchev–Trinajstić information content (AvgIpc) is 1.85. The van der Waals surface area contributed by atoms with Crippen molar-refractivity contribution in [2.24, 2.45) is 5.84 Å². The molecule has 0 aliphatic rings. The van der Waals surface area contributed by atoms with E-state index >= 15 is 0 Å². The van der Waals surface area contributed by atoms with Crippen LogP contribution in [0.15, 0.2) is 0 Å². The maximum atomic E-state index is 10.7. The summed E-state index contributed by atoms with van der Waals surface area (Å²) < 4.78 is 0. The first-order valence-corrected chi connectivity index (χ1v) is 3.26. The molecule has 0 saturated heterocycles. The van der Waals surface area contributed by atoms with Crippen LogP contribution in [0.1, 0.15) is 26.2 Å². The monoisotopic (exact) mass is 130 g/mol. The second-order valence-corrected chi connectivity index (χ2v) is 1.99. The number of ketones is 1. The fourth-order valence-electron chi connectivity index (χ4n) is 0.615. The second kappa shape index (κ2) is 5.72. The van der Waals surface area contributed by atoms with Gasteiger partial charge >= 0.3 is 0 Å². The molecule has 0 aromatic rings. The van der Waals surface area contributed by atoms with E-state index in [1.165, 1.54) is 0 Å². The number of Topliss-reactive ketones (excluding diaryl/α,β-unsaturated/α-hetero) is 1. The molecule has 0 unspecified atom stereocenters. The topological polar surface area (TPSA) is 55.1 Å². The van der Waals surface area contributed by atoms with E-state index < -0.39 is 0 Å². The molecule has 0 aromatic carbocycles. The van der Waals surface area contributed by atoms with Crippen molar-refractivity contribution in [2.45, 2.75) is 26.2 Å². The van der Waals surface area contributed by atoms with Gasteiger partial charge in [-0.25, -0.2) is 0 Å². The molecule has 3 nitrogen and oxygen atoms in total. The minimum atomic E-state index is 0.287. The van der Waals surface area contributed by atoms with Gasteiger partial charge in [-0.15, -0.1) is 0 Å². The first-order valence-electron chi connectivity index (χ1n) is 3.26. The van der Waals surface area contributed by atoms with E-state index in [2.05, 4.69) is 5.43 Å². The van der Waals surface area contributed by atoms with Crippen LogP contribution in [-0.4, -0.2) is 12.3 Å². The Hall–Kier alpha value is -0.410. The highest BCUT2D eigenvalue weighted by Gasteiger charge is 1.96. The summed E-state index contributed by atoms with van der Waals surface area (Å²) in [6, 6.07) is 0. The molecule has 0 aromatic heterocycles. The van der Waals surface area contributed by atoms with Gasteiger partial charge in [0, 0.05) is 19.4 Å². The molecule has 0 fully saturated rings. The molecule has 9 heavy (non-hydrogen) atoms. The quantitative estimate of drug-likeness (QED) is 0.413. The van der Waals surface area contributed by atoms with Gasteiger partial charge in [0.2, 0.25) is 0 Å². The van der Waals surface area contributed by atoms with Crippen molar-refractivity contribution in [3.63, 3.8) is 0 Å². The van der Waals surface area contributed by atoms with Gasteiger partial charge in [-0.1, -0.05) is 6.92 Å². The van der Waals surface area contributed by atoms with E-state index in [0.29, 0.717) is 19.4 Å². The number of hydrazine groups is 1. The SMILES string of the molecule is CCCC(=O)CCNN. The standard InChI is InChI=1S/C6H14N2O/c1-2-3-6(9)4-5-8-7/h8H,2-5,7H2,1H3. The van der Waals surface area contributed by atoms with E-state index in [0.717, 1.165) is 6.42 Å². The van der Waals surface area contributed by atoms with Crippen LogP contribution in [-0.2, 0) is 4.79 Å². The zero-order valence-electron chi connectivity index (χ0n) is 5.81. The summed E-state index contributed by atoms with van der Waals surface area (Å²) in [5.74, 6) is 5.26. The maximum Gasteiger partial charge on any atom is 0.134 e. The molecule has 0 rings (SSSR count). The van der Waals surface area contributed by atoms with Crippen LogP contribution in [0, 0.1) is 0 Å². The van der Waals surface area contributed by atoms with Gasteiger partial charge in [0.05, 0.1) is 0 Å². The Morgan fingerprint density at radius 2 is 2.22 bits per heavy atom. The third-order valence-electron chi connectivity index (χ3n) is 1.08. The fourth-order valence-corrected chi connectivity index (χ4v) is 0.615. The summed E-state index contributed by atoms with van der Waals surface area (Å²) in [6.45, 7) is 2.59. The first-order chi connectivity index (χ1) is 4.31. The van der Waals surface area contributed by atoms with E-state index in [-0.39, 0.29) is 5.78 Å². The van der Waals surface area contributed by atoms with Crippen LogP contribution < -0.4 is 11.3 Å². The van der Waals surface area contributed by atoms with Crippen molar-refractivity contribution in [1.82, 2.24) is 5.43 Å². The predicted molar refractivity (Wildman–Crippen MR) is 36.7 cm³/mol. The molecule has 0 heterocycles. The van der Waals surface area contributed by atoms with Crippen LogP contribution >= 0.6 is 0 Å². The zero-order chi connectivity index (χ0) is 7.11. The molecule has 0 amide bonds. The number of nitrogens with two attached hydrogens (primary N) is 1. The normalized spacial score (nSPS) is 9.56. The Morgan fingerprint density at radius 3 is 2.67 bits per heavy atom. The van der Waals surface area contributed by atoms with Crippen molar-refractivity contribution in [1.29, 1.82) is 0 Å². The Balaban J connectivity index is 3.06. The fraction of sp³-hybridized carbons (Fsp3) is 0.833. The molecule has 0 atom stereocenters. The smallest absolute Gasteiger partial charge is 0.134 e. The van der Waals surface area contributed by atoms with Crippen LogP contribution in [0.25, 0.3) is 0 Å². The molecule has 3 heteroatoms. The van der Waals surface area contributed by atoms with Crippen molar-refractivity contribution < 1.29 is 4.79 Å². The molecule has 0 radical (unpaired) electrons. The molecule has 0 spiro atoms. The number of hydrogen-bond donors (Lipinski definition) is 2. The van der Waals surface area contributed by atoms with Gasteiger partial charge < -0.3 is 0 Å². The molecular weight excluding hydrogens is 116 g/mol. The second-order valence-electron chi connectivity index (χ2n) is 1.99. The van der Waals surface area contributed by atoms with Crippen molar-refractivity contribution >= 4 is 5.78 Å². The van der Waals surface area contributed by atoms with E-state index in [1.54, 1.807) is 0 Å². The molecule has 54 valence electrons. The van der Waals surface area contributed by atoms with Gasteiger partial charge in [0.1, 0.15) is 5.78 Å². The van der Waals surface area contributed by atoms with Gasteiger partial charge in [-0.3, -0.25) is 16.1 Å². The average molecular weight is 130 g/mol. The van der Waals surface area contributed by atoms with Crippen molar-refractivity contribution in [3.05, 3.63) is 0 Å². The Labute approximate surface area is 55.6 Å². The van der Waals surface area contributed by atoms with Gasteiger partial charge in [-0.05, 0) is 6.42 Å². The lowest BCUT2D eigenvalue weighted by Crippen LogP contribution is -2.24. The van der Waals surface area contributed by atoms with Crippen LogP contribution in [0.3, 0.4) is 0 Å². The Morgan fingerprint density at radius 1 is 1.56 bits per heavy atom.